The summed E-state index contributed by atoms with van der Waals surface area (Å²) in [6.07, 6.45) is 1.07. The van der Waals surface area contributed by atoms with Gasteiger partial charge in [-0.05, 0) is 19.0 Å². The molecule has 2 N–H and O–H groups in total. The Morgan fingerprint density at radius 3 is 2.35 bits per heavy atom. The van der Waals surface area contributed by atoms with E-state index in [-0.39, 0.29) is 0 Å². The van der Waals surface area contributed by atoms with Gasteiger partial charge in [0, 0.05) is 38.8 Å². The van der Waals surface area contributed by atoms with Gasteiger partial charge >= 0.3 is 0 Å². The molecule has 1 heterocycles. The van der Waals surface area contributed by atoms with E-state index in [9.17, 15) is 0 Å². The van der Waals surface area contributed by atoms with E-state index in [2.05, 4.69) is 47.2 Å². The minimum absolute atomic E-state index is 0.492. The van der Waals surface area contributed by atoms with Crippen molar-refractivity contribution in [1.29, 1.82) is 0 Å². The second kappa shape index (κ2) is 6.15. The summed E-state index contributed by atoms with van der Waals surface area (Å²) in [5, 5.41) is 0. The maximum absolute atomic E-state index is 5.93. The fraction of sp³-hybridized carbons (Fsp3) is 0.571. The van der Waals surface area contributed by atoms with Gasteiger partial charge in [-0.15, -0.1) is 0 Å². The molecule has 0 spiro atoms. The molecule has 94 valence electrons. The predicted molar refractivity (Wildman–Crippen MR) is 72.1 cm³/mol. The van der Waals surface area contributed by atoms with Gasteiger partial charge in [0.1, 0.15) is 0 Å². The van der Waals surface area contributed by atoms with Crippen molar-refractivity contribution in [2.75, 3.05) is 39.8 Å². The third-order valence-electron chi connectivity index (χ3n) is 3.64. The van der Waals surface area contributed by atoms with Crippen molar-refractivity contribution in [2.24, 2.45) is 5.73 Å². The molecule has 1 saturated heterocycles. The van der Waals surface area contributed by atoms with Gasteiger partial charge in [0.2, 0.25) is 0 Å². The van der Waals surface area contributed by atoms with E-state index in [1.54, 1.807) is 0 Å². The van der Waals surface area contributed by atoms with Crippen LogP contribution in [0.25, 0.3) is 0 Å². The fourth-order valence-electron chi connectivity index (χ4n) is 2.43. The normalized spacial score (nSPS) is 20.4. The van der Waals surface area contributed by atoms with Gasteiger partial charge < -0.3 is 10.6 Å². The van der Waals surface area contributed by atoms with Crippen molar-refractivity contribution in [3.05, 3.63) is 35.9 Å². The molecule has 3 nitrogen and oxygen atoms in total. The molecule has 1 aromatic carbocycles. The highest BCUT2D eigenvalue weighted by Crippen LogP contribution is 2.10. The van der Waals surface area contributed by atoms with Crippen molar-refractivity contribution in [2.45, 2.75) is 12.5 Å². The first kappa shape index (κ1) is 12.6. The lowest BCUT2D eigenvalue weighted by Crippen LogP contribution is -2.52. The number of hydrogen-bond acceptors (Lipinski definition) is 3. The van der Waals surface area contributed by atoms with Crippen LogP contribution in [0.15, 0.2) is 30.3 Å². The summed E-state index contributed by atoms with van der Waals surface area (Å²) in [4.78, 5) is 4.92. The zero-order chi connectivity index (χ0) is 12.1. The van der Waals surface area contributed by atoms with Crippen LogP contribution < -0.4 is 5.73 Å². The van der Waals surface area contributed by atoms with Gasteiger partial charge in [-0.3, -0.25) is 4.90 Å². The van der Waals surface area contributed by atoms with Crippen molar-refractivity contribution in [3.63, 3.8) is 0 Å². The molecule has 0 bridgehead atoms. The van der Waals surface area contributed by atoms with Gasteiger partial charge in [0.15, 0.2) is 0 Å². The first-order valence-electron chi connectivity index (χ1n) is 6.46. The van der Waals surface area contributed by atoms with Crippen LogP contribution in [0.5, 0.6) is 0 Å². The molecule has 17 heavy (non-hydrogen) atoms. The van der Waals surface area contributed by atoms with Crippen LogP contribution >= 0.6 is 0 Å². The number of rotatable bonds is 4. The SMILES string of the molecule is CN1CCN(C(CN)Cc2ccccc2)CC1. The average Bonchev–Trinajstić information content (AvgIpc) is 2.38. The summed E-state index contributed by atoms with van der Waals surface area (Å²) >= 11 is 0. The summed E-state index contributed by atoms with van der Waals surface area (Å²) in [5.74, 6) is 0. The van der Waals surface area contributed by atoms with Crippen molar-refractivity contribution < 1.29 is 0 Å². The summed E-state index contributed by atoms with van der Waals surface area (Å²) in [7, 11) is 2.19. The summed E-state index contributed by atoms with van der Waals surface area (Å²) < 4.78 is 0. The van der Waals surface area contributed by atoms with E-state index in [1.165, 1.54) is 5.56 Å². The lowest BCUT2D eigenvalue weighted by Gasteiger charge is -2.37. The monoisotopic (exact) mass is 233 g/mol. The van der Waals surface area contributed by atoms with Gasteiger partial charge in [0.25, 0.3) is 0 Å². The number of nitrogens with zero attached hydrogens (tertiary/aromatic N) is 2. The molecule has 1 atom stereocenters. The van der Waals surface area contributed by atoms with E-state index < -0.39 is 0 Å². The first-order chi connectivity index (χ1) is 8.29. The number of hydrogen-bond donors (Lipinski definition) is 1. The fourth-order valence-corrected chi connectivity index (χ4v) is 2.43. The van der Waals surface area contributed by atoms with E-state index in [1.807, 2.05) is 0 Å². The minimum Gasteiger partial charge on any atom is -0.329 e. The number of likely N-dealkylation sites (N-methyl/N-ethyl adjacent to an activating group) is 1. The average molecular weight is 233 g/mol. The Kier molecular flexibility index (Phi) is 4.54. The quantitative estimate of drug-likeness (QED) is 0.835. The molecular weight excluding hydrogens is 210 g/mol. The summed E-state index contributed by atoms with van der Waals surface area (Å²) in [6.45, 7) is 5.35. The maximum atomic E-state index is 5.93. The van der Waals surface area contributed by atoms with E-state index >= 15 is 0 Å². The van der Waals surface area contributed by atoms with Gasteiger partial charge in [0.05, 0.1) is 0 Å². The Labute approximate surface area is 104 Å². The van der Waals surface area contributed by atoms with Crippen molar-refractivity contribution >= 4 is 0 Å². The summed E-state index contributed by atoms with van der Waals surface area (Å²) in [6, 6.07) is 11.2. The lowest BCUT2D eigenvalue weighted by atomic mass is 10.0. The zero-order valence-electron chi connectivity index (χ0n) is 10.7. The number of nitrogens with two attached hydrogens (primary N) is 1. The highest BCUT2D eigenvalue weighted by molar-refractivity contribution is 5.16. The molecular formula is C14H23N3. The van der Waals surface area contributed by atoms with Crippen LogP contribution in [-0.4, -0.2) is 55.6 Å². The van der Waals surface area contributed by atoms with Crippen molar-refractivity contribution in [3.8, 4) is 0 Å². The third-order valence-corrected chi connectivity index (χ3v) is 3.64. The van der Waals surface area contributed by atoms with Crippen LogP contribution in [-0.2, 0) is 6.42 Å². The molecule has 1 aliphatic rings. The number of benzene rings is 1. The Balaban J connectivity index is 1.92. The van der Waals surface area contributed by atoms with Crippen LogP contribution in [0.3, 0.4) is 0 Å². The predicted octanol–water partition coefficient (Wildman–Crippen LogP) is 0.804. The molecule has 2 rings (SSSR count). The molecule has 0 saturated carbocycles. The molecule has 3 heteroatoms. The Hall–Kier alpha value is -0.900. The van der Waals surface area contributed by atoms with E-state index in [0.29, 0.717) is 6.04 Å². The molecule has 1 unspecified atom stereocenters. The topological polar surface area (TPSA) is 32.5 Å². The van der Waals surface area contributed by atoms with Crippen LogP contribution in [0.1, 0.15) is 5.56 Å². The van der Waals surface area contributed by atoms with Crippen LogP contribution in [0.2, 0.25) is 0 Å². The molecule has 1 fully saturated rings. The Morgan fingerprint density at radius 1 is 1.12 bits per heavy atom. The second-order valence-corrected chi connectivity index (χ2v) is 4.92. The molecule has 0 amide bonds. The standard InChI is InChI=1S/C14H23N3/c1-16-7-9-17(10-8-16)14(12-15)11-13-5-3-2-4-6-13/h2-6,14H,7-12,15H2,1H3. The third kappa shape index (κ3) is 3.53. The largest absolute Gasteiger partial charge is 0.329 e. The van der Waals surface area contributed by atoms with Gasteiger partial charge in [-0.2, -0.15) is 0 Å². The molecule has 0 aromatic heterocycles. The van der Waals surface area contributed by atoms with Crippen LogP contribution in [0.4, 0.5) is 0 Å². The second-order valence-electron chi connectivity index (χ2n) is 4.92. The Bertz CT molecular complexity index is 317. The molecule has 0 radical (unpaired) electrons. The molecule has 1 aliphatic heterocycles. The van der Waals surface area contributed by atoms with Gasteiger partial charge in [-0.25, -0.2) is 0 Å². The van der Waals surface area contributed by atoms with E-state index in [4.69, 9.17) is 5.73 Å². The lowest BCUT2D eigenvalue weighted by molar-refractivity contribution is 0.114. The smallest absolute Gasteiger partial charge is 0.0259 e. The Morgan fingerprint density at radius 2 is 1.76 bits per heavy atom. The first-order valence-corrected chi connectivity index (χ1v) is 6.46. The highest BCUT2D eigenvalue weighted by atomic mass is 15.3. The van der Waals surface area contributed by atoms with Crippen LogP contribution in [0, 0.1) is 0 Å². The minimum atomic E-state index is 0.492. The summed E-state index contributed by atoms with van der Waals surface area (Å²) in [5.41, 5.74) is 7.32. The number of piperazine rings is 1. The molecule has 0 aliphatic carbocycles. The van der Waals surface area contributed by atoms with Gasteiger partial charge in [-0.1, -0.05) is 30.3 Å². The van der Waals surface area contributed by atoms with E-state index in [0.717, 1.165) is 39.1 Å². The molecule has 1 aromatic rings. The van der Waals surface area contributed by atoms with Crippen molar-refractivity contribution in [1.82, 2.24) is 9.80 Å². The highest BCUT2D eigenvalue weighted by Gasteiger charge is 2.21. The zero-order valence-corrected chi connectivity index (χ0v) is 10.7. The maximum Gasteiger partial charge on any atom is 0.0259 e.